The number of likely N-dealkylation sites (tertiary alicyclic amines) is 1. The summed E-state index contributed by atoms with van der Waals surface area (Å²) in [4.78, 5) is 19.4. The summed E-state index contributed by atoms with van der Waals surface area (Å²) in [6, 6.07) is 15.9. The van der Waals surface area contributed by atoms with Gasteiger partial charge in [0.2, 0.25) is 17.6 Å². The standard InChI is InChI=1S/C26H31ClN4O2S/c1-19-7-2-3-8-22(19)18-34-14-6-12-28-26(32)21-10-5-13-31(16-21)17-24-29-25(30-33-24)20-9-4-11-23(27)15-20/h2-4,7-9,11,15,21H,5-6,10,12-14,16-18H2,1H3,(H,28,32). The summed E-state index contributed by atoms with van der Waals surface area (Å²) in [5.74, 6) is 3.30. The minimum Gasteiger partial charge on any atom is -0.356 e. The first-order valence-electron chi connectivity index (χ1n) is 11.8. The van der Waals surface area contributed by atoms with Gasteiger partial charge < -0.3 is 9.84 Å². The number of hydrogen-bond donors (Lipinski definition) is 1. The summed E-state index contributed by atoms with van der Waals surface area (Å²) in [6.07, 6.45) is 2.88. The molecule has 1 aromatic heterocycles. The SMILES string of the molecule is Cc1ccccc1CSCCCNC(=O)C1CCCN(Cc2nc(-c3cccc(Cl)c3)no2)C1. The molecule has 2 aromatic carbocycles. The first kappa shape index (κ1) is 24.8. The zero-order valence-electron chi connectivity index (χ0n) is 19.5. The number of aromatic nitrogens is 2. The molecule has 0 radical (unpaired) electrons. The van der Waals surface area contributed by atoms with Gasteiger partial charge in [-0.05, 0) is 61.7 Å². The highest BCUT2D eigenvalue weighted by Gasteiger charge is 2.26. The first-order chi connectivity index (χ1) is 16.6. The maximum atomic E-state index is 12.7. The Labute approximate surface area is 210 Å². The Hall–Kier alpha value is -2.35. The number of rotatable bonds is 10. The highest BCUT2D eigenvalue weighted by molar-refractivity contribution is 7.98. The number of hydrogen-bond acceptors (Lipinski definition) is 6. The minimum atomic E-state index is 0.00342. The van der Waals surface area contributed by atoms with Crippen molar-refractivity contribution >= 4 is 29.3 Å². The van der Waals surface area contributed by atoms with Crippen molar-refractivity contribution in [2.24, 2.45) is 5.92 Å². The van der Waals surface area contributed by atoms with Crippen LogP contribution in [0.5, 0.6) is 0 Å². The Morgan fingerprint density at radius 1 is 1.26 bits per heavy atom. The van der Waals surface area contributed by atoms with Gasteiger partial charge in [0.25, 0.3) is 0 Å². The zero-order chi connectivity index (χ0) is 23.8. The monoisotopic (exact) mass is 498 g/mol. The molecule has 1 saturated heterocycles. The average Bonchev–Trinajstić information content (AvgIpc) is 3.31. The number of amides is 1. The Balaban J connectivity index is 1.17. The van der Waals surface area contributed by atoms with Crippen LogP contribution in [0.4, 0.5) is 0 Å². The molecule has 8 heteroatoms. The molecule has 1 aliphatic rings. The van der Waals surface area contributed by atoms with Crippen molar-refractivity contribution in [1.29, 1.82) is 0 Å². The van der Waals surface area contributed by atoms with Crippen LogP contribution in [0.1, 0.15) is 36.3 Å². The molecule has 1 unspecified atom stereocenters. The van der Waals surface area contributed by atoms with Gasteiger partial charge in [-0.3, -0.25) is 9.69 Å². The highest BCUT2D eigenvalue weighted by atomic mass is 35.5. The summed E-state index contributed by atoms with van der Waals surface area (Å²) in [5.41, 5.74) is 3.56. The molecule has 3 aromatic rings. The number of aryl methyl sites for hydroxylation is 1. The predicted molar refractivity (Wildman–Crippen MR) is 138 cm³/mol. The molecule has 1 amide bonds. The summed E-state index contributed by atoms with van der Waals surface area (Å²) in [5, 5.41) is 7.86. The molecule has 0 aliphatic carbocycles. The molecule has 1 atom stereocenters. The Morgan fingerprint density at radius 3 is 3.00 bits per heavy atom. The van der Waals surface area contributed by atoms with Crippen LogP contribution in [-0.2, 0) is 17.1 Å². The maximum absolute atomic E-state index is 12.7. The second kappa shape index (κ2) is 12.4. The van der Waals surface area contributed by atoms with Gasteiger partial charge in [-0.15, -0.1) is 0 Å². The van der Waals surface area contributed by atoms with Gasteiger partial charge in [0.15, 0.2) is 0 Å². The number of carbonyl (C=O) groups is 1. The second-order valence-corrected chi connectivity index (χ2v) is 10.3. The quantitative estimate of drug-likeness (QED) is 0.380. The van der Waals surface area contributed by atoms with Crippen LogP contribution in [0, 0.1) is 12.8 Å². The predicted octanol–water partition coefficient (Wildman–Crippen LogP) is 5.35. The van der Waals surface area contributed by atoms with Crippen LogP contribution >= 0.6 is 23.4 Å². The molecule has 0 saturated carbocycles. The summed E-state index contributed by atoms with van der Waals surface area (Å²) >= 11 is 7.98. The van der Waals surface area contributed by atoms with E-state index in [2.05, 4.69) is 51.5 Å². The van der Waals surface area contributed by atoms with Crippen molar-refractivity contribution in [2.45, 2.75) is 38.5 Å². The van der Waals surface area contributed by atoms with Gasteiger partial charge in [0.05, 0.1) is 12.5 Å². The van der Waals surface area contributed by atoms with Gasteiger partial charge in [-0.2, -0.15) is 16.7 Å². The first-order valence-corrected chi connectivity index (χ1v) is 13.3. The maximum Gasteiger partial charge on any atom is 0.241 e. The Kier molecular flexibility index (Phi) is 9.02. The van der Waals surface area contributed by atoms with Crippen molar-refractivity contribution in [3.8, 4) is 11.4 Å². The van der Waals surface area contributed by atoms with Gasteiger partial charge >= 0.3 is 0 Å². The second-order valence-electron chi connectivity index (χ2n) is 8.72. The highest BCUT2D eigenvalue weighted by Crippen LogP contribution is 2.22. The normalized spacial score (nSPS) is 16.5. The lowest BCUT2D eigenvalue weighted by atomic mass is 9.97. The van der Waals surface area contributed by atoms with E-state index in [0.717, 1.165) is 49.4 Å². The van der Waals surface area contributed by atoms with Crippen LogP contribution in [0.2, 0.25) is 5.02 Å². The molecule has 0 bridgehead atoms. The van der Waals surface area contributed by atoms with Gasteiger partial charge in [-0.1, -0.05) is 53.2 Å². The van der Waals surface area contributed by atoms with Crippen molar-refractivity contribution in [1.82, 2.24) is 20.4 Å². The van der Waals surface area contributed by atoms with Crippen molar-refractivity contribution in [3.63, 3.8) is 0 Å². The van der Waals surface area contributed by atoms with E-state index in [-0.39, 0.29) is 11.8 Å². The minimum absolute atomic E-state index is 0.00342. The number of benzene rings is 2. The summed E-state index contributed by atoms with van der Waals surface area (Å²) in [7, 11) is 0. The number of nitrogens with zero attached hydrogens (tertiary/aromatic N) is 3. The van der Waals surface area contributed by atoms with E-state index in [1.54, 1.807) is 0 Å². The molecule has 6 nitrogen and oxygen atoms in total. The Bertz CT molecular complexity index is 1090. The molecule has 1 fully saturated rings. The molecular weight excluding hydrogens is 468 g/mol. The van der Waals surface area contributed by atoms with Gasteiger partial charge in [0, 0.05) is 29.4 Å². The lowest BCUT2D eigenvalue weighted by Crippen LogP contribution is -2.43. The van der Waals surface area contributed by atoms with Gasteiger partial charge in [-0.25, -0.2) is 0 Å². The third-order valence-electron chi connectivity index (χ3n) is 6.07. The van der Waals surface area contributed by atoms with E-state index < -0.39 is 0 Å². The fourth-order valence-corrected chi connectivity index (χ4v) is 5.38. The molecule has 34 heavy (non-hydrogen) atoms. The van der Waals surface area contributed by atoms with Crippen molar-refractivity contribution in [2.75, 3.05) is 25.4 Å². The molecule has 1 aliphatic heterocycles. The number of nitrogens with one attached hydrogen (secondary N) is 1. The summed E-state index contributed by atoms with van der Waals surface area (Å²) < 4.78 is 5.45. The topological polar surface area (TPSA) is 71.3 Å². The van der Waals surface area contributed by atoms with Gasteiger partial charge in [0.1, 0.15) is 0 Å². The molecule has 2 heterocycles. The third-order valence-corrected chi connectivity index (χ3v) is 7.40. The van der Waals surface area contributed by atoms with E-state index in [1.165, 1.54) is 11.1 Å². The lowest BCUT2D eigenvalue weighted by Gasteiger charge is -2.30. The lowest BCUT2D eigenvalue weighted by molar-refractivity contribution is -0.126. The fraction of sp³-hybridized carbons (Fsp3) is 0.423. The molecule has 0 spiro atoms. The van der Waals surface area contributed by atoms with Crippen molar-refractivity contribution < 1.29 is 9.32 Å². The average molecular weight is 499 g/mol. The van der Waals surface area contributed by atoms with Crippen LogP contribution in [0.15, 0.2) is 53.1 Å². The number of carbonyl (C=O) groups excluding carboxylic acids is 1. The largest absolute Gasteiger partial charge is 0.356 e. The van der Waals surface area contributed by atoms with E-state index in [9.17, 15) is 4.79 Å². The summed E-state index contributed by atoms with van der Waals surface area (Å²) in [6.45, 7) is 5.06. The molecule has 4 rings (SSSR count). The van der Waals surface area contributed by atoms with Crippen LogP contribution in [0.25, 0.3) is 11.4 Å². The third kappa shape index (κ3) is 7.08. The van der Waals surface area contributed by atoms with Crippen LogP contribution in [0.3, 0.4) is 0 Å². The van der Waals surface area contributed by atoms with Crippen molar-refractivity contribution in [3.05, 3.63) is 70.6 Å². The van der Waals surface area contributed by atoms with E-state index in [4.69, 9.17) is 16.1 Å². The molecule has 1 N–H and O–H groups in total. The number of piperidine rings is 1. The zero-order valence-corrected chi connectivity index (χ0v) is 21.1. The number of halogens is 1. The fourth-order valence-electron chi connectivity index (χ4n) is 4.15. The number of thioether (sulfide) groups is 1. The molecular formula is C26H31ClN4O2S. The Morgan fingerprint density at radius 2 is 2.15 bits per heavy atom. The van der Waals surface area contributed by atoms with Crippen LogP contribution in [-0.4, -0.2) is 46.3 Å². The smallest absolute Gasteiger partial charge is 0.241 e. The van der Waals surface area contributed by atoms with E-state index >= 15 is 0 Å². The molecule has 180 valence electrons. The van der Waals surface area contributed by atoms with E-state index in [0.29, 0.717) is 29.8 Å². The van der Waals surface area contributed by atoms with Crippen LogP contribution < -0.4 is 5.32 Å². The van der Waals surface area contributed by atoms with E-state index in [1.807, 2.05) is 36.0 Å².